The van der Waals surface area contributed by atoms with Crippen LogP contribution in [-0.2, 0) is 0 Å². The van der Waals surface area contributed by atoms with E-state index in [2.05, 4.69) is 32.3 Å². The molecule has 2 rings (SSSR count). The summed E-state index contributed by atoms with van der Waals surface area (Å²) in [6.07, 6.45) is 1.67. The fraction of sp³-hybridized carbons (Fsp3) is 0.143. The number of nitriles is 1. The second-order valence-electron chi connectivity index (χ2n) is 3.72. The molecule has 4 nitrogen and oxygen atoms in total. The van der Waals surface area contributed by atoms with Crippen molar-refractivity contribution in [1.29, 1.82) is 5.26 Å². The van der Waals surface area contributed by atoms with Gasteiger partial charge in [-0.15, -0.1) is 0 Å². The molecular weight excluding hydrogens is 306 g/mol. The van der Waals surface area contributed by atoms with Crippen molar-refractivity contribution in [2.75, 3.05) is 11.9 Å². The minimum Gasteiger partial charge on any atom is -0.478 e. The molecular formula is C14H12BrN3O. The number of pyridine rings is 1. The third-order valence-electron chi connectivity index (χ3n) is 2.43. The van der Waals surface area contributed by atoms with Crippen LogP contribution in [-0.4, -0.2) is 11.6 Å². The predicted octanol–water partition coefficient (Wildman–Crippen LogP) is 3.86. The van der Waals surface area contributed by atoms with Gasteiger partial charge in [-0.25, -0.2) is 4.98 Å². The maximum Gasteiger partial charge on any atom is 0.213 e. The molecule has 1 aromatic heterocycles. The summed E-state index contributed by atoms with van der Waals surface area (Å²) in [6.45, 7) is 2.50. The van der Waals surface area contributed by atoms with Crippen LogP contribution in [0.5, 0.6) is 5.88 Å². The molecule has 0 aliphatic heterocycles. The first-order valence-electron chi connectivity index (χ1n) is 5.79. The van der Waals surface area contributed by atoms with E-state index in [9.17, 15) is 0 Å². The van der Waals surface area contributed by atoms with Crippen LogP contribution in [0, 0.1) is 11.3 Å². The summed E-state index contributed by atoms with van der Waals surface area (Å²) in [5, 5.41) is 12.3. The molecule has 0 amide bonds. The van der Waals surface area contributed by atoms with Gasteiger partial charge >= 0.3 is 0 Å². The number of nitrogens with zero attached hydrogens (tertiary/aromatic N) is 2. The highest BCUT2D eigenvalue weighted by atomic mass is 79.9. The molecule has 1 heterocycles. The Bertz CT molecular complexity index is 605. The van der Waals surface area contributed by atoms with Crippen molar-refractivity contribution in [3.63, 3.8) is 0 Å². The Kier molecular flexibility index (Phi) is 4.37. The van der Waals surface area contributed by atoms with Gasteiger partial charge in [0.15, 0.2) is 0 Å². The SMILES string of the molecule is CCOc1ccc(Nc2cccc(Br)c2C#N)cn1. The van der Waals surface area contributed by atoms with Crippen molar-refractivity contribution >= 4 is 27.3 Å². The lowest BCUT2D eigenvalue weighted by Crippen LogP contribution is -1.97. The Morgan fingerprint density at radius 3 is 2.84 bits per heavy atom. The van der Waals surface area contributed by atoms with Crippen LogP contribution < -0.4 is 10.1 Å². The van der Waals surface area contributed by atoms with Gasteiger partial charge in [0.1, 0.15) is 6.07 Å². The molecule has 5 heteroatoms. The topological polar surface area (TPSA) is 57.9 Å². The van der Waals surface area contributed by atoms with Gasteiger partial charge in [0, 0.05) is 10.5 Å². The minimum atomic E-state index is 0.566. The number of hydrogen-bond acceptors (Lipinski definition) is 4. The summed E-state index contributed by atoms with van der Waals surface area (Å²) in [6, 6.07) is 11.4. The van der Waals surface area contributed by atoms with E-state index in [1.807, 2.05) is 31.2 Å². The fourth-order valence-corrected chi connectivity index (χ4v) is 2.04. The van der Waals surface area contributed by atoms with Crippen molar-refractivity contribution in [3.8, 4) is 11.9 Å². The number of hydrogen-bond donors (Lipinski definition) is 1. The molecule has 0 spiro atoms. The Labute approximate surface area is 120 Å². The maximum atomic E-state index is 9.14. The summed E-state index contributed by atoms with van der Waals surface area (Å²) in [7, 11) is 0. The van der Waals surface area contributed by atoms with E-state index >= 15 is 0 Å². The largest absolute Gasteiger partial charge is 0.478 e. The Balaban J connectivity index is 2.22. The van der Waals surface area contributed by atoms with Gasteiger partial charge in [-0.05, 0) is 41.1 Å². The van der Waals surface area contributed by atoms with Crippen LogP contribution in [0.2, 0.25) is 0 Å². The normalized spacial score (nSPS) is 9.74. The van der Waals surface area contributed by atoms with E-state index in [-0.39, 0.29) is 0 Å². The third-order valence-corrected chi connectivity index (χ3v) is 3.09. The van der Waals surface area contributed by atoms with Gasteiger partial charge < -0.3 is 10.1 Å². The first-order chi connectivity index (χ1) is 9.24. The van der Waals surface area contributed by atoms with E-state index < -0.39 is 0 Å². The molecule has 2 aromatic rings. The average Bonchev–Trinajstić information content (AvgIpc) is 2.42. The highest BCUT2D eigenvalue weighted by Crippen LogP contribution is 2.26. The highest BCUT2D eigenvalue weighted by molar-refractivity contribution is 9.10. The molecule has 96 valence electrons. The van der Waals surface area contributed by atoms with Gasteiger partial charge in [0.2, 0.25) is 5.88 Å². The van der Waals surface area contributed by atoms with Gasteiger partial charge in [-0.2, -0.15) is 5.26 Å². The lowest BCUT2D eigenvalue weighted by molar-refractivity contribution is 0.327. The molecule has 0 unspecified atom stereocenters. The number of benzene rings is 1. The molecule has 1 N–H and O–H groups in total. The second-order valence-corrected chi connectivity index (χ2v) is 4.57. The lowest BCUT2D eigenvalue weighted by atomic mass is 10.2. The number of halogens is 1. The maximum absolute atomic E-state index is 9.14. The summed E-state index contributed by atoms with van der Waals surface area (Å²) in [5.41, 5.74) is 2.11. The van der Waals surface area contributed by atoms with Gasteiger partial charge in [-0.3, -0.25) is 0 Å². The van der Waals surface area contributed by atoms with Crippen molar-refractivity contribution in [2.24, 2.45) is 0 Å². The first-order valence-corrected chi connectivity index (χ1v) is 6.58. The van der Waals surface area contributed by atoms with Crippen LogP contribution in [0.3, 0.4) is 0 Å². The quantitative estimate of drug-likeness (QED) is 0.930. The number of aromatic nitrogens is 1. The van der Waals surface area contributed by atoms with Crippen LogP contribution >= 0.6 is 15.9 Å². The molecule has 0 bridgehead atoms. The zero-order chi connectivity index (χ0) is 13.7. The van der Waals surface area contributed by atoms with Gasteiger partial charge in [-0.1, -0.05) is 6.07 Å². The zero-order valence-corrected chi connectivity index (χ0v) is 11.9. The monoisotopic (exact) mass is 317 g/mol. The van der Waals surface area contributed by atoms with E-state index in [4.69, 9.17) is 10.00 Å². The number of anilines is 2. The summed E-state index contributed by atoms with van der Waals surface area (Å²) >= 11 is 3.35. The first kappa shape index (κ1) is 13.4. The van der Waals surface area contributed by atoms with Crippen molar-refractivity contribution < 1.29 is 4.74 Å². The molecule has 0 saturated heterocycles. The van der Waals surface area contributed by atoms with Crippen LogP contribution in [0.15, 0.2) is 41.0 Å². The van der Waals surface area contributed by atoms with Crippen molar-refractivity contribution in [3.05, 3.63) is 46.6 Å². The molecule has 0 aliphatic carbocycles. The second kappa shape index (κ2) is 6.21. The van der Waals surface area contributed by atoms with Crippen molar-refractivity contribution in [1.82, 2.24) is 4.98 Å². The van der Waals surface area contributed by atoms with E-state index in [0.29, 0.717) is 18.1 Å². The number of ether oxygens (including phenoxy) is 1. The van der Waals surface area contributed by atoms with Crippen LogP contribution in [0.4, 0.5) is 11.4 Å². The van der Waals surface area contributed by atoms with E-state index in [0.717, 1.165) is 15.8 Å². The molecule has 0 aliphatic rings. The molecule has 1 aromatic carbocycles. The molecule has 0 atom stereocenters. The fourth-order valence-electron chi connectivity index (χ4n) is 1.58. The Morgan fingerprint density at radius 1 is 1.37 bits per heavy atom. The van der Waals surface area contributed by atoms with Crippen molar-refractivity contribution in [2.45, 2.75) is 6.92 Å². The molecule has 0 radical (unpaired) electrons. The Morgan fingerprint density at radius 2 is 2.21 bits per heavy atom. The molecule has 0 fully saturated rings. The standard InChI is InChI=1S/C14H12BrN3O/c1-2-19-14-7-6-10(9-17-14)18-13-5-3-4-12(15)11(13)8-16/h3-7,9,18H,2H2,1H3. The van der Waals surface area contributed by atoms with E-state index in [1.54, 1.807) is 12.3 Å². The smallest absolute Gasteiger partial charge is 0.213 e. The van der Waals surface area contributed by atoms with Crippen LogP contribution in [0.1, 0.15) is 12.5 Å². The lowest BCUT2D eigenvalue weighted by Gasteiger charge is -2.09. The molecule has 19 heavy (non-hydrogen) atoms. The zero-order valence-electron chi connectivity index (χ0n) is 10.4. The highest BCUT2D eigenvalue weighted by Gasteiger charge is 2.06. The van der Waals surface area contributed by atoms with Crippen LogP contribution in [0.25, 0.3) is 0 Å². The Hall–Kier alpha value is -2.06. The van der Waals surface area contributed by atoms with E-state index in [1.165, 1.54) is 0 Å². The summed E-state index contributed by atoms with van der Waals surface area (Å²) < 4.78 is 6.04. The summed E-state index contributed by atoms with van der Waals surface area (Å²) in [5.74, 6) is 0.586. The number of nitrogens with one attached hydrogen (secondary N) is 1. The average molecular weight is 318 g/mol. The van der Waals surface area contributed by atoms with Gasteiger partial charge in [0.25, 0.3) is 0 Å². The predicted molar refractivity (Wildman–Crippen MR) is 77.5 cm³/mol. The third kappa shape index (κ3) is 3.24. The minimum absolute atomic E-state index is 0.566. The number of rotatable bonds is 4. The molecule has 0 saturated carbocycles. The van der Waals surface area contributed by atoms with Gasteiger partial charge in [0.05, 0.1) is 29.7 Å². The summed E-state index contributed by atoms with van der Waals surface area (Å²) in [4.78, 5) is 4.16.